The average molecular weight is 397 g/mol. The van der Waals surface area contributed by atoms with Gasteiger partial charge in [-0.25, -0.2) is 18.6 Å². The summed E-state index contributed by atoms with van der Waals surface area (Å²) in [4.78, 5) is 2.37. The molecule has 0 amide bonds. The molecular weight excluding hydrogens is 383 g/mol. The van der Waals surface area contributed by atoms with E-state index in [2.05, 4.69) is 49.4 Å². The van der Waals surface area contributed by atoms with E-state index in [9.17, 15) is 0 Å². The molecule has 0 spiro atoms. The normalized spacial score (nSPS) is 10.8. The molecule has 3 rings (SSSR count). The Bertz CT molecular complexity index is 816. The van der Waals surface area contributed by atoms with Crippen LogP contribution in [0.5, 0.6) is 0 Å². The first-order valence-electron chi connectivity index (χ1n) is 7.11. The Hall–Kier alpha value is -1.57. The summed E-state index contributed by atoms with van der Waals surface area (Å²) in [5, 5.41) is 0.848. The van der Waals surface area contributed by atoms with Crippen molar-refractivity contribution in [3.8, 4) is 20.9 Å². The minimum Gasteiger partial charge on any atom is -0.222 e. The van der Waals surface area contributed by atoms with Crippen molar-refractivity contribution in [2.75, 3.05) is 0 Å². The van der Waals surface area contributed by atoms with Crippen LogP contribution in [0.25, 0.3) is 20.9 Å². The predicted octanol–water partition coefficient (Wildman–Crippen LogP) is 1.57. The molecule has 0 aliphatic carbocycles. The molecule has 0 saturated heterocycles. The standard InChI is InChI=1S/C18H14ClS.ClHO4/c1-13-12-16(14-8-4-2-5-9-14)20-18(17(13)19)15-10-6-3-7-11-15;2-1(3,4)5/h2-12H,1H3;(H,2,3,4,5)/q+1;/p-1. The van der Waals surface area contributed by atoms with Crippen LogP contribution in [0.4, 0.5) is 0 Å². The van der Waals surface area contributed by atoms with Gasteiger partial charge >= 0.3 is 0 Å². The van der Waals surface area contributed by atoms with Gasteiger partial charge in [-0.3, -0.25) is 0 Å². The van der Waals surface area contributed by atoms with E-state index < -0.39 is 10.2 Å². The maximum absolute atomic E-state index is 8.49. The summed E-state index contributed by atoms with van der Waals surface area (Å²) >= 11 is 8.24. The fourth-order valence-electron chi connectivity index (χ4n) is 2.14. The first kappa shape index (κ1) is 19.8. The zero-order valence-electron chi connectivity index (χ0n) is 13.1. The Morgan fingerprint density at radius 3 is 1.72 bits per heavy atom. The maximum atomic E-state index is 8.49. The number of halogens is 2. The van der Waals surface area contributed by atoms with E-state index in [1.165, 1.54) is 16.0 Å². The van der Waals surface area contributed by atoms with E-state index in [1.54, 1.807) is 11.3 Å². The molecule has 1 heterocycles. The van der Waals surface area contributed by atoms with Gasteiger partial charge in [0.2, 0.25) is 16.2 Å². The molecule has 0 radical (unpaired) electrons. The molecule has 1 aromatic heterocycles. The van der Waals surface area contributed by atoms with Crippen molar-refractivity contribution >= 4 is 22.9 Å². The lowest BCUT2D eigenvalue weighted by molar-refractivity contribution is -2.00. The Balaban J connectivity index is 0.000000399. The highest BCUT2D eigenvalue weighted by Crippen LogP contribution is 2.39. The SMILES string of the molecule is Cc1cc(-c2ccccc2)[s+]c(-c2ccccc2)c1Cl.[O-][Cl+3]([O-])([O-])[O-]. The summed E-state index contributed by atoms with van der Waals surface area (Å²) < 4.78 is 34.0. The third-order valence-electron chi connectivity index (χ3n) is 3.20. The van der Waals surface area contributed by atoms with Gasteiger partial charge in [-0.05, 0) is 36.8 Å². The van der Waals surface area contributed by atoms with Crippen LogP contribution in [-0.4, -0.2) is 0 Å². The molecule has 0 bridgehead atoms. The fourth-order valence-corrected chi connectivity index (χ4v) is 3.64. The Labute approximate surface area is 157 Å². The number of benzene rings is 2. The van der Waals surface area contributed by atoms with E-state index in [4.69, 9.17) is 30.2 Å². The van der Waals surface area contributed by atoms with Crippen LogP contribution in [0, 0.1) is 17.2 Å². The molecule has 0 atom stereocenters. The quantitative estimate of drug-likeness (QED) is 0.614. The Morgan fingerprint density at radius 1 is 0.800 bits per heavy atom. The van der Waals surface area contributed by atoms with Crippen molar-refractivity contribution in [3.05, 3.63) is 77.3 Å². The van der Waals surface area contributed by atoms with Crippen LogP contribution in [0.15, 0.2) is 66.7 Å². The molecule has 0 saturated carbocycles. The molecule has 0 fully saturated rings. The number of hydrogen-bond acceptors (Lipinski definition) is 4. The first-order valence-corrected chi connectivity index (χ1v) is 9.54. The number of rotatable bonds is 2. The third-order valence-corrected chi connectivity index (χ3v) is 5.02. The molecule has 7 heteroatoms. The zero-order chi connectivity index (χ0) is 18.4. The van der Waals surface area contributed by atoms with Crippen molar-refractivity contribution in [2.45, 2.75) is 6.92 Å². The lowest BCUT2D eigenvalue weighted by atomic mass is 10.1. The van der Waals surface area contributed by atoms with Crippen LogP contribution in [0.2, 0.25) is 5.02 Å². The topological polar surface area (TPSA) is 92.2 Å². The molecule has 3 aromatic rings. The molecule has 0 N–H and O–H groups in total. The highest BCUT2D eigenvalue weighted by molar-refractivity contribution is 7.19. The van der Waals surface area contributed by atoms with E-state index >= 15 is 0 Å². The minimum atomic E-state index is -4.94. The fraction of sp³-hybridized carbons (Fsp3) is 0.0556. The summed E-state index contributed by atoms with van der Waals surface area (Å²) in [5.41, 5.74) is 3.51. The Kier molecular flexibility index (Phi) is 6.87. The van der Waals surface area contributed by atoms with Crippen LogP contribution in [0.3, 0.4) is 0 Å². The van der Waals surface area contributed by atoms with E-state index in [0.29, 0.717) is 0 Å². The second-order valence-electron chi connectivity index (χ2n) is 5.05. The zero-order valence-corrected chi connectivity index (χ0v) is 15.5. The summed E-state index contributed by atoms with van der Waals surface area (Å²) in [6.07, 6.45) is 0. The van der Waals surface area contributed by atoms with Gasteiger partial charge in [-0.15, -0.1) is 10.2 Å². The van der Waals surface area contributed by atoms with Crippen LogP contribution < -0.4 is 18.6 Å². The van der Waals surface area contributed by atoms with Gasteiger partial charge in [-0.2, -0.15) is 0 Å². The number of aryl methyl sites for hydroxylation is 1. The predicted molar refractivity (Wildman–Crippen MR) is 89.3 cm³/mol. The van der Waals surface area contributed by atoms with Crippen molar-refractivity contribution in [1.29, 1.82) is 0 Å². The lowest BCUT2D eigenvalue weighted by Gasteiger charge is -2.17. The Morgan fingerprint density at radius 2 is 1.24 bits per heavy atom. The van der Waals surface area contributed by atoms with Crippen molar-refractivity contribution in [1.82, 2.24) is 0 Å². The second-order valence-corrected chi connectivity index (χ2v) is 7.23. The van der Waals surface area contributed by atoms with Crippen LogP contribution in [0.1, 0.15) is 5.56 Å². The monoisotopic (exact) mass is 396 g/mol. The lowest BCUT2D eigenvalue weighted by Crippen LogP contribution is -2.68. The molecule has 0 unspecified atom stereocenters. The summed E-state index contributed by atoms with van der Waals surface area (Å²) in [6.45, 7) is 2.06. The molecule has 4 nitrogen and oxygen atoms in total. The largest absolute Gasteiger partial charge is 0.257 e. The van der Waals surface area contributed by atoms with Crippen molar-refractivity contribution in [2.24, 2.45) is 0 Å². The molecular formula is C18H14Cl2O4S. The smallest absolute Gasteiger partial charge is 0.222 e. The summed E-state index contributed by atoms with van der Waals surface area (Å²) in [6, 6.07) is 22.9. The summed E-state index contributed by atoms with van der Waals surface area (Å²) in [5.74, 6) is 0. The van der Waals surface area contributed by atoms with Gasteiger partial charge in [0, 0.05) is 17.2 Å². The molecule has 25 heavy (non-hydrogen) atoms. The average Bonchev–Trinajstić information content (AvgIpc) is 2.57. The first-order chi connectivity index (χ1) is 11.8. The summed E-state index contributed by atoms with van der Waals surface area (Å²) in [7, 11) is -4.94. The van der Waals surface area contributed by atoms with Gasteiger partial charge in [0.25, 0.3) is 4.88 Å². The van der Waals surface area contributed by atoms with E-state index in [0.717, 1.165) is 15.5 Å². The number of hydrogen-bond donors (Lipinski definition) is 0. The second kappa shape index (κ2) is 8.69. The maximum Gasteiger partial charge on any atom is 0.257 e. The van der Waals surface area contributed by atoms with Crippen molar-refractivity contribution < 1.29 is 28.9 Å². The van der Waals surface area contributed by atoms with Gasteiger partial charge in [-0.1, -0.05) is 48.0 Å². The van der Waals surface area contributed by atoms with Gasteiger partial charge in [0.15, 0.2) is 0 Å². The minimum absolute atomic E-state index is 0.848. The molecule has 2 aromatic carbocycles. The van der Waals surface area contributed by atoms with Crippen LogP contribution >= 0.6 is 22.9 Å². The highest BCUT2D eigenvalue weighted by Gasteiger charge is 2.22. The van der Waals surface area contributed by atoms with Crippen LogP contribution in [-0.2, 0) is 0 Å². The van der Waals surface area contributed by atoms with Crippen molar-refractivity contribution in [3.63, 3.8) is 0 Å². The molecule has 130 valence electrons. The van der Waals surface area contributed by atoms with Gasteiger partial charge in [0.05, 0.1) is 0 Å². The van der Waals surface area contributed by atoms with Gasteiger partial charge in [0.1, 0.15) is 5.02 Å². The molecule has 0 aliphatic rings. The highest BCUT2D eigenvalue weighted by atomic mass is 35.7. The van der Waals surface area contributed by atoms with E-state index in [1.807, 2.05) is 24.3 Å². The van der Waals surface area contributed by atoms with Gasteiger partial charge < -0.3 is 0 Å². The third kappa shape index (κ3) is 6.34. The molecule has 0 aliphatic heterocycles. The van der Waals surface area contributed by atoms with E-state index in [-0.39, 0.29) is 0 Å².